The van der Waals surface area contributed by atoms with Crippen molar-refractivity contribution >= 4 is 30.8 Å². The molecule has 0 saturated carbocycles. The minimum Gasteiger partial charge on any atom is -0.481 e. The molecule has 0 aliphatic heterocycles. The molecule has 1 aromatic carbocycles. The number of aliphatic carboxylic acids is 1. The SMILES string of the molecule is CC(=O)CCP(=O)(O)CC(C(=O)O)c1cccc(N=C(N)N)c1. The second-order valence-corrected chi connectivity index (χ2v) is 7.73. The van der Waals surface area contributed by atoms with E-state index in [-0.39, 0.29) is 24.3 Å². The molecule has 23 heavy (non-hydrogen) atoms. The van der Waals surface area contributed by atoms with Crippen LogP contribution in [0.2, 0.25) is 0 Å². The second-order valence-electron chi connectivity index (χ2n) is 5.23. The predicted molar refractivity (Wildman–Crippen MR) is 87.1 cm³/mol. The summed E-state index contributed by atoms with van der Waals surface area (Å²) in [6, 6.07) is 6.11. The van der Waals surface area contributed by atoms with Crippen molar-refractivity contribution in [1.82, 2.24) is 0 Å². The molecule has 0 aromatic heterocycles. The molecule has 0 aliphatic rings. The summed E-state index contributed by atoms with van der Waals surface area (Å²) in [6.07, 6.45) is -0.755. The van der Waals surface area contributed by atoms with Gasteiger partial charge in [-0.3, -0.25) is 9.36 Å². The third kappa shape index (κ3) is 6.63. The zero-order valence-electron chi connectivity index (χ0n) is 12.7. The fraction of sp³-hybridized carbons (Fsp3) is 0.357. The molecule has 0 aliphatic carbocycles. The van der Waals surface area contributed by atoms with Crippen molar-refractivity contribution in [2.45, 2.75) is 19.3 Å². The summed E-state index contributed by atoms with van der Waals surface area (Å²) in [6.45, 7) is 1.31. The molecule has 2 unspecified atom stereocenters. The molecule has 1 rings (SSSR count). The van der Waals surface area contributed by atoms with E-state index in [4.69, 9.17) is 11.5 Å². The molecule has 126 valence electrons. The van der Waals surface area contributed by atoms with Crippen LogP contribution in [0.1, 0.15) is 24.8 Å². The number of aliphatic imine (C=N–C) groups is 1. The number of hydrogen-bond donors (Lipinski definition) is 4. The normalized spacial score (nSPS) is 14.5. The highest BCUT2D eigenvalue weighted by molar-refractivity contribution is 7.58. The van der Waals surface area contributed by atoms with Gasteiger partial charge < -0.3 is 26.3 Å². The Bertz CT molecular complexity index is 670. The van der Waals surface area contributed by atoms with Gasteiger partial charge in [0, 0.05) is 18.7 Å². The number of nitrogens with zero attached hydrogens (tertiary/aromatic N) is 1. The van der Waals surface area contributed by atoms with Crippen LogP contribution in [-0.2, 0) is 14.2 Å². The maximum atomic E-state index is 12.1. The number of carbonyl (C=O) groups is 2. The van der Waals surface area contributed by atoms with E-state index in [1.807, 2.05) is 0 Å². The standard InChI is InChI=1S/C14H20N3O5P/c1-9(18)5-6-23(21,22)8-12(13(19)20)10-3-2-4-11(7-10)17-14(15)16/h2-4,7,12H,5-6,8H2,1H3,(H,19,20)(H,21,22)(H4,15,16,17). The minimum absolute atomic E-state index is 0.0614. The second kappa shape index (κ2) is 7.89. The van der Waals surface area contributed by atoms with Crippen LogP contribution < -0.4 is 11.5 Å². The molecule has 0 amide bonds. The Morgan fingerprint density at radius 3 is 2.52 bits per heavy atom. The van der Waals surface area contributed by atoms with Crippen molar-refractivity contribution in [1.29, 1.82) is 0 Å². The Labute approximate surface area is 133 Å². The summed E-state index contributed by atoms with van der Waals surface area (Å²) in [5.74, 6) is -2.82. The smallest absolute Gasteiger partial charge is 0.311 e. The third-order valence-corrected chi connectivity index (χ3v) is 4.97. The van der Waals surface area contributed by atoms with E-state index in [0.29, 0.717) is 11.3 Å². The van der Waals surface area contributed by atoms with E-state index in [1.165, 1.54) is 19.1 Å². The van der Waals surface area contributed by atoms with E-state index in [0.717, 1.165) is 0 Å². The molecule has 0 bridgehead atoms. The van der Waals surface area contributed by atoms with Crippen LogP contribution in [0.3, 0.4) is 0 Å². The van der Waals surface area contributed by atoms with Gasteiger partial charge in [0.05, 0.1) is 11.6 Å². The first-order valence-electron chi connectivity index (χ1n) is 6.83. The molecular formula is C14H20N3O5P. The monoisotopic (exact) mass is 341 g/mol. The lowest BCUT2D eigenvalue weighted by molar-refractivity contribution is -0.138. The Balaban J connectivity index is 3.03. The molecular weight excluding hydrogens is 321 g/mol. The van der Waals surface area contributed by atoms with Gasteiger partial charge in [-0.1, -0.05) is 12.1 Å². The first-order valence-corrected chi connectivity index (χ1v) is 8.86. The quantitative estimate of drug-likeness (QED) is 0.312. The fourth-order valence-corrected chi connectivity index (χ4v) is 3.78. The number of ketones is 1. The Morgan fingerprint density at radius 2 is 2.00 bits per heavy atom. The van der Waals surface area contributed by atoms with Crippen molar-refractivity contribution in [3.8, 4) is 0 Å². The van der Waals surface area contributed by atoms with Gasteiger partial charge in [0.25, 0.3) is 0 Å². The highest BCUT2D eigenvalue weighted by Crippen LogP contribution is 2.45. The van der Waals surface area contributed by atoms with E-state index >= 15 is 0 Å². The van der Waals surface area contributed by atoms with Gasteiger partial charge in [0.1, 0.15) is 5.78 Å². The van der Waals surface area contributed by atoms with Crippen LogP contribution in [0.25, 0.3) is 0 Å². The van der Waals surface area contributed by atoms with Crippen molar-refractivity contribution in [3.63, 3.8) is 0 Å². The van der Waals surface area contributed by atoms with Crippen LogP contribution in [0.15, 0.2) is 29.3 Å². The molecule has 0 heterocycles. The van der Waals surface area contributed by atoms with Crippen LogP contribution in [0, 0.1) is 0 Å². The Morgan fingerprint density at radius 1 is 1.35 bits per heavy atom. The summed E-state index contributed by atoms with van der Waals surface area (Å²) in [5, 5.41) is 9.36. The van der Waals surface area contributed by atoms with Gasteiger partial charge in [-0.2, -0.15) is 0 Å². The Kier molecular flexibility index (Phi) is 6.48. The third-order valence-electron chi connectivity index (χ3n) is 3.11. The molecule has 1 aromatic rings. The number of carbonyl (C=O) groups excluding carboxylic acids is 1. The summed E-state index contributed by atoms with van der Waals surface area (Å²) >= 11 is 0. The van der Waals surface area contributed by atoms with Crippen LogP contribution in [0.4, 0.5) is 5.69 Å². The van der Waals surface area contributed by atoms with Gasteiger partial charge in [-0.25, -0.2) is 4.99 Å². The number of Topliss-reactive ketones (excluding diaryl/α,β-unsaturated/α-hetero) is 1. The maximum absolute atomic E-state index is 12.1. The van der Waals surface area contributed by atoms with Crippen molar-refractivity contribution < 1.29 is 24.2 Å². The maximum Gasteiger partial charge on any atom is 0.311 e. The minimum atomic E-state index is -3.75. The summed E-state index contributed by atoms with van der Waals surface area (Å²) in [5.41, 5.74) is 11.2. The first kappa shape index (κ1) is 18.9. The predicted octanol–water partition coefficient (Wildman–Crippen LogP) is 1.01. The molecule has 0 spiro atoms. The Hall–Kier alpha value is -2.18. The molecule has 6 N–H and O–H groups in total. The number of carboxylic acids is 1. The van der Waals surface area contributed by atoms with Gasteiger partial charge in [-0.05, 0) is 24.6 Å². The van der Waals surface area contributed by atoms with E-state index in [2.05, 4.69) is 4.99 Å². The molecule has 0 fully saturated rings. The molecule has 0 saturated heterocycles. The van der Waals surface area contributed by atoms with Gasteiger partial charge in [-0.15, -0.1) is 0 Å². The number of nitrogens with two attached hydrogens (primary N) is 2. The number of guanidine groups is 1. The van der Waals surface area contributed by atoms with Gasteiger partial charge in [0.15, 0.2) is 5.96 Å². The lowest BCUT2D eigenvalue weighted by Crippen LogP contribution is -2.22. The average Bonchev–Trinajstić information content (AvgIpc) is 2.42. The highest BCUT2D eigenvalue weighted by Gasteiger charge is 2.30. The van der Waals surface area contributed by atoms with Crippen molar-refractivity contribution in [3.05, 3.63) is 29.8 Å². The topological polar surface area (TPSA) is 156 Å². The number of benzene rings is 1. The largest absolute Gasteiger partial charge is 0.481 e. The van der Waals surface area contributed by atoms with Crippen molar-refractivity contribution in [2.24, 2.45) is 16.5 Å². The van der Waals surface area contributed by atoms with Crippen LogP contribution in [0.5, 0.6) is 0 Å². The zero-order chi connectivity index (χ0) is 17.6. The first-order chi connectivity index (χ1) is 10.6. The zero-order valence-corrected chi connectivity index (χ0v) is 13.6. The van der Waals surface area contributed by atoms with Gasteiger partial charge in [0.2, 0.25) is 7.37 Å². The average molecular weight is 341 g/mol. The van der Waals surface area contributed by atoms with Crippen LogP contribution >= 0.6 is 7.37 Å². The van der Waals surface area contributed by atoms with E-state index in [1.54, 1.807) is 12.1 Å². The highest BCUT2D eigenvalue weighted by atomic mass is 31.2. The van der Waals surface area contributed by atoms with Gasteiger partial charge >= 0.3 is 5.97 Å². The molecule has 2 atom stereocenters. The van der Waals surface area contributed by atoms with E-state index < -0.39 is 25.4 Å². The number of carboxylic acid groups (broad SMARTS) is 1. The van der Waals surface area contributed by atoms with E-state index in [9.17, 15) is 24.2 Å². The summed E-state index contributed by atoms with van der Waals surface area (Å²) in [4.78, 5) is 36.2. The summed E-state index contributed by atoms with van der Waals surface area (Å²) < 4.78 is 12.1. The fourth-order valence-electron chi connectivity index (χ4n) is 1.99. The lowest BCUT2D eigenvalue weighted by Gasteiger charge is -2.17. The molecule has 8 nitrogen and oxygen atoms in total. The summed E-state index contributed by atoms with van der Waals surface area (Å²) in [7, 11) is -3.75. The molecule has 9 heteroatoms. The molecule has 0 radical (unpaired) electrons. The number of hydrogen-bond acceptors (Lipinski definition) is 4. The van der Waals surface area contributed by atoms with Crippen molar-refractivity contribution in [2.75, 3.05) is 12.3 Å². The lowest BCUT2D eigenvalue weighted by atomic mass is 10.0. The van der Waals surface area contributed by atoms with Crippen LogP contribution in [-0.4, -0.2) is 40.0 Å². The number of rotatable bonds is 8.